The highest BCUT2D eigenvalue weighted by Crippen LogP contribution is 2.23. The van der Waals surface area contributed by atoms with Crippen LogP contribution in [0.4, 0.5) is 0 Å². The molecule has 0 aliphatic carbocycles. The molecule has 1 aromatic heterocycles. The van der Waals surface area contributed by atoms with Gasteiger partial charge < -0.3 is 9.30 Å². The van der Waals surface area contributed by atoms with E-state index in [-0.39, 0.29) is 11.9 Å². The summed E-state index contributed by atoms with van der Waals surface area (Å²) < 4.78 is 7.05. The number of ether oxygens (including phenoxy) is 1. The van der Waals surface area contributed by atoms with Gasteiger partial charge in [0.25, 0.3) is 0 Å². The van der Waals surface area contributed by atoms with Gasteiger partial charge >= 0.3 is 5.97 Å². The molecule has 4 heteroatoms. The monoisotopic (exact) mass is 270 g/mol. The number of esters is 1. The molecule has 4 nitrogen and oxygen atoms in total. The van der Waals surface area contributed by atoms with Crippen molar-refractivity contribution in [3.63, 3.8) is 0 Å². The molecule has 1 aliphatic rings. The second-order valence-corrected chi connectivity index (χ2v) is 5.20. The molecule has 2 heterocycles. The fourth-order valence-corrected chi connectivity index (χ4v) is 2.79. The first-order valence-corrected chi connectivity index (χ1v) is 6.93. The first-order chi connectivity index (χ1) is 9.78. The SMILES string of the molecule is COC(=O)C1CCc2cnc(Cc3ccccc3)n2C1. The summed E-state index contributed by atoms with van der Waals surface area (Å²) in [6, 6.07) is 10.3. The Bertz CT molecular complexity index is 604. The largest absolute Gasteiger partial charge is 0.469 e. The van der Waals surface area contributed by atoms with Gasteiger partial charge in [0, 0.05) is 24.9 Å². The fraction of sp³-hybridized carbons (Fsp3) is 0.375. The van der Waals surface area contributed by atoms with E-state index in [1.807, 2.05) is 24.4 Å². The molecular formula is C16H18N2O2. The molecule has 1 aromatic carbocycles. The molecule has 2 aromatic rings. The van der Waals surface area contributed by atoms with Crippen LogP contribution in [0.25, 0.3) is 0 Å². The van der Waals surface area contributed by atoms with Crippen LogP contribution in [-0.2, 0) is 28.9 Å². The van der Waals surface area contributed by atoms with Crippen LogP contribution < -0.4 is 0 Å². The molecular weight excluding hydrogens is 252 g/mol. The van der Waals surface area contributed by atoms with Gasteiger partial charge in [-0.05, 0) is 18.4 Å². The lowest BCUT2D eigenvalue weighted by Gasteiger charge is -2.23. The average Bonchev–Trinajstić information content (AvgIpc) is 2.90. The lowest BCUT2D eigenvalue weighted by atomic mass is 9.98. The van der Waals surface area contributed by atoms with Crippen LogP contribution in [-0.4, -0.2) is 22.6 Å². The minimum Gasteiger partial charge on any atom is -0.469 e. The van der Waals surface area contributed by atoms with Crippen molar-refractivity contribution in [3.8, 4) is 0 Å². The van der Waals surface area contributed by atoms with Crippen molar-refractivity contribution in [1.29, 1.82) is 0 Å². The van der Waals surface area contributed by atoms with Gasteiger partial charge in [-0.15, -0.1) is 0 Å². The summed E-state index contributed by atoms with van der Waals surface area (Å²) in [5, 5.41) is 0. The summed E-state index contributed by atoms with van der Waals surface area (Å²) in [5.74, 6) is 0.867. The number of carbonyl (C=O) groups excluding carboxylic acids is 1. The highest BCUT2D eigenvalue weighted by molar-refractivity contribution is 5.72. The second kappa shape index (κ2) is 5.49. The molecule has 0 spiro atoms. The Kier molecular flexibility index (Phi) is 3.54. The quantitative estimate of drug-likeness (QED) is 0.803. The summed E-state index contributed by atoms with van der Waals surface area (Å²) in [6.45, 7) is 0.685. The van der Waals surface area contributed by atoms with E-state index >= 15 is 0 Å². The molecule has 0 amide bonds. The number of carbonyl (C=O) groups is 1. The van der Waals surface area contributed by atoms with Crippen LogP contribution in [0.3, 0.4) is 0 Å². The van der Waals surface area contributed by atoms with E-state index < -0.39 is 0 Å². The Morgan fingerprint density at radius 3 is 2.95 bits per heavy atom. The minimum absolute atomic E-state index is 0.0452. The predicted molar refractivity (Wildman–Crippen MR) is 75.3 cm³/mol. The zero-order chi connectivity index (χ0) is 13.9. The van der Waals surface area contributed by atoms with E-state index in [2.05, 4.69) is 21.7 Å². The van der Waals surface area contributed by atoms with Crippen molar-refractivity contribution in [2.75, 3.05) is 7.11 Å². The summed E-state index contributed by atoms with van der Waals surface area (Å²) in [4.78, 5) is 16.2. The number of hydrogen-bond donors (Lipinski definition) is 0. The number of nitrogens with zero attached hydrogens (tertiary/aromatic N) is 2. The Morgan fingerprint density at radius 1 is 1.40 bits per heavy atom. The molecule has 0 fully saturated rings. The number of hydrogen-bond acceptors (Lipinski definition) is 3. The van der Waals surface area contributed by atoms with E-state index in [9.17, 15) is 4.79 Å². The summed E-state index contributed by atoms with van der Waals surface area (Å²) in [5.41, 5.74) is 2.46. The van der Waals surface area contributed by atoms with Gasteiger partial charge in [0.1, 0.15) is 5.82 Å². The molecule has 0 saturated heterocycles. The van der Waals surface area contributed by atoms with Crippen LogP contribution >= 0.6 is 0 Å². The first-order valence-electron chi connectivity index (χ1n) is 6.93. The number of benzene rings is 1. The highest BCUT2D eigenvalue weighted by atomic mass is 16.5. The minimum atomic E-state index is -0.116. The molecule has 20 heavy (non-hydrogen) atoms. The van der Waals surface area contributed by atoms with E-state index in [1.54, 1.807) is 0 Å². The molecule has 1 unspecified atom stereocenters. The molecule has 104 valence electrons. The number of fused-ring (bicyclic) bond motifs is 1. The number of imidazole rings is 1. The maximum Gasteiger partial charge on any atom is 0.310 e. The Hall–Kier alpha value is -2.10. The maximum absolute atomic E-state index is 11.7. The normalized spacial score (nSPS) is 17.6. The van der Waals surface area contributed by atoms with Crippen molar-refractivity contribution in [1.82, 2.24) is 9.55 Å². The van der Waals surface area contributed by atoms with Crippen molar-refractivity contribution >= 4 is 5.97 Å². The van der Waals surface area contributed by atoms with E-state index in [0.717, 1.165) is 25.1 Å². The van der Waals surface area contributed by atoms with Gasteiger partial charge in [0.05, 0.1) is 13.0 Å². The van der Waals surface area contributed by atoms with Crippen LogP contribution in [0, 0.1) is 5.92 Å². The molecule has 0 saturated carbocycles. The van der Waals surface area contributed by atoms with Gasteiger partial charge in [-0.2, -0.15) is 0 Å². The van der Waals surface area contributed by atoms with Crippen molar-refractivity contribution in [2.24, 2.45) is 5.92 Å². The van der Waals surface area contributed by atoms with Crippen molar-refractivity contribution in [2.45, 2.75) is 25.8 Å². The van der Waals surface area contributed by atoms with Crippen LogP contribution in [0.1, 0.15) is 23.5 Å². The van der Waals surface area contributed by atoms with Gasteiger partial charge in [-0.25, -0.2) is 4.98 Å². The Labute approximate surface area is 118 Å². The standard InChI is InChI=1S/C16H18N2O2/c1-20-16(19)13-7-8-14-10-17-15(18(14)11-13)9-12-5-3-2-4-6-12/h2-6,10,13H,7-9,11H2,1H3. The lowest BCUT2D eigenvalue weighted by Crippen LogP contribution is -2.28. The Morgan fingerprint density at radius 2 is 2.20 bits per heavy atom. The Balaban J connectivity index is 1.82. The number of aryl methyl sites for hydroxylation is 1. The van der Waals surface area contributed by atoms with Crippen LogP contribution in [0.5, 0.6) is 0 Å². The van der Waals surface area contributed by atoms with Crippen LogP contribution in [0.15, 0.2) is 36.5 Å². The zero-order valence-corrected chi connectivity index (χ0v) is 11.6. The van der Waals surface area contributed by atoms with Crippen molar-refractivity contribution < 1.29 is 9.53 Å². The van der Waals surface area contributed by atoms with E-state index in [0.29, 0.717) is 6.54 Å². The summed E-state index contributed by atoms with van der Waals surface area (Å²) >= 11 is 0. The second-order valence-electron chi connectivity index (χ2n) is 5.20. The van der Waals surface area contributed by atoms with E-state index in [4.69, 9.17) is 4.74 Å². The third-order valence-corrected chi connectivity index (χ3v) is 3.91. The average molecular weight is 270 g/mol. The smallest absolute Gasteiger partial charge is 0.310 e. The number of methoxy groups -OCH3 is 1. The number of rotatable bonds is 3. The zero-order valence-electron chi connectivity index (χ0n) is 11.6. The van der Waals surface area contributed by atoms with Gasteiger partial charge in [-0.3, -0.25) is 4.79 Å². The molecule has 0 N–H and O–H groups in total. The molecule has 3 rings (SSSR count). The first kappa shape index (κ1) is 12.9. The molecule has 1 aliphatic heterocycles. The van der Waals surface area contributed by atoms with Gasteiger partial charge in [0.2, 0.25) is 0 Å². The third-order valence-electron chi connectivity index (χ3n) is 3.91. The summed E-state index contributed by atoms with van der Waals surface area (Å²) in [7, 11) is 1.46. The predicted octanol–water partition coefficient (Wildman–Crippen LogP) is 2.21. The van der Waals surface area contributed by atoms with Gasteiger partial charge in [0.15, 0.2) is 0 Å². The third kappa shape index (κ3) is 2.46. The van der Waals surface area contributed by atoms with Gasteiger partial charge in [-0.1, -0.05) is 30.3 Å². The fourth-order valence-electron chi connectivity index (χ4n) is 2.79. The summed E-state index contributed by atoms with van der Waals surface area (Å²) in [6.07, 6.45) is 4.48. The molecule has 0 bridgehead atoms. The van der Waals surface area contributed by atoms with Crippen molar-refractivity contribution in [3.05, 3.63) is 53.6 Å². The molecule has 0 radical (unpaired) electrons. The lowest BCUT2D eigenvalue weighted by molar-refractivity contribution is -0.146. The highest BCUT2D eigenvalue weighted by Gasteiger charge is 2.27. The topological polar surface area (TPSA) is 44.1 Å². The molecule has 1 atom stereocenters. The van der Waals surface area contributed by atoms with Crippen LogP contribution in [0.2, 0.25) is 0 Å². The van der Waals surface area contributed by atoms with E-state index in [1.165, 1.54) is 18.4 Å². The maximum atomic E-state index is 11.7. The number of aromatic nitrogens is 2.